The predicted octanol–water partition coefficient (Wildman–Crippen LogP) is 2.39. The van der Waals surface area contributed by atoms with Crippen LogP contribution in [0.25, 0.3) is 0 Å². The number of Topliss-reactive ketones (excluding diaryl/α,β-unsaturated/α-hetero) is 1. The van der Waals surface area contributed by atoms with Crippen LogP contribution in [0.5, 0.6) is 0 Å². The zero-order valence-electron chi connectivity index (χ0n) is 10.7. The van der Waals surface area contributed by atoms with E-state index in [1.54, 1.807) is 23.0 Å². The van der Waals surface area contributed by atoms with Gasteiger partial charge in [-0.3, -0.25) is 9.78 Å². The van der Waals surface area contributed by atoms with Crippen LogP contribution in [-0.2, 0) is 0 Å². The lowest BCUT2D eigenvalue weighted by molar-refractivity contribution is 0.0684. The summed E-state index contributed by atoms with van der Waals surface area (Å²) in [6.45, 7) is 3.26. The zero-order chi connectivity index (χ0) is 14.0. The third kappa shape index (κ3) is 2.54. The van der Waals surface area contributed by atoms with Gasteiger partial charge in [-0.05, 0) is 32.0 Å². The lowest BCUT2D eigenvalue weighted by Crippen LogP contribution is -2.13. The van der Waals surface area contributed by atoms with Gasteiger partial charge in [-0.25, -0.2) is 4.79 Å². The van der Waals surface area contributed by atoms with E-state index in [1.807, 2.05) is 19.1 Å². The number of rotatable bonds is 4. The first kappa shape index (κ1) is 13.0. The fourth-order valence-electron chi connectivity index (χ4n) is 1.93. The normalized spacial score (nSPS) is 12.1. The largest absolute Gasteiger partial charge is 0.477 e. The van der Waals surface area contributed by atoms with Gasteiger partial charge in [-0.1, -0.05) is 6.07 Å². The minimum absolute atomic E-state index is 0.0864. The maximum atomic E-state index is 11.4. The van der Waals surface area contributed by atoms with E-state index in [2.05, 4.69) is 4.98 Å². The number of carbonyl (C=O) groups is 2. The third-order valence-electron chi connectivity index (χ3n) is 3.01. The van der Waals surface area contributed by atoms with Crippen LogP contribution in [0, 0.1) is 0 Å². The first-order chi connectivity index (χ1) is 9.00. The van der Waals surface area contributed by atoms with Crippen molar-refractivity contribution in [3.63, 3.8) is 0 Å². The Labute approximate surface area is 110 Å². The van der Waals surface area contributed by atoms with Crippen molar-refractivity contribution in [1.82, 2.24) is 9.55 Å². The maximum absolute atomic E-state index is 11.4. The van der Waals surface area contributed by atoms with Crippen LogP contribution in [0.1, 0.15) is 46.4 Å². The highest BCUT2D eigenvalue weighted by Gasteiger charge is 2.19. The fourth-order valence-corrected chi connectivity index (χ4v) is 1.93. The molecular weight excluding hydrogens is 244 g/mol. The number of aromatic carboxylic acids is 1. The number of carboxylic acids is 1. The average molecular weight is 258 g/mol. The number of hydrogen-bond donors (Lipinski definition) is 1. The average Bonchev–Trinajstić information content (AvgIpc) is 2.84. The molecule has 0 aromatic carbocycles. The van der Waals surface area contributed by atoms with Crippen LogP contribution in [0.2, 0.25) is 0 Å². The van der Waals surface area contributed by atoms with Crippen molar-refractivity contribution >= 4 is 11.8 Å². The predicted molar refractivity (Wildman–Crippen MR) is 69.4 cm³/mol. The van der Waals surface area contributed by atoms with Gasteiger partial charge >= 0.3 is 5.97 Å². The molecule has 0 aliphatic carbocycles. The molecule has 5 nitrogen and oxygen atoms in total. The van der Waals surface area contributed by atoms with Crippen LogP contribution >= 0.6 is 0 Å². The summed E-state index contributed by atoms with van der Waals surface area (Å²) in [5, 5.41) is 9.20. The van der Waals surface area contributed by atoms with Crippen molar-refractivity contribution in [3.05, 3.63) is 53.6 Å². The van der Waals surface area contributed by atoms with Crippen LogP contribution < -0.4 is 0 Å². The molecule has 1 unspecified atom stereocenters. The monoisotopic (exact) mass is 258 g/mol. The quantitative estimate of drug-likeness (QED) is 0.855. The summed E-state index contributed by atoms with van der Waals surface area (Å²) in [7, 11) is 0. The van der Waals surface area contributed by atoms with E-state index in [1.165, 1.54) is 13.0 Å². The van der Waals surface area contributed by atoms with Gasteiger partial charge in [0.2, 0.25) is 0 Å². The van der Waals surface area contributed by atoms with Gasteiger partial charge < -0.3 is 9.67 Å². The number of aromatic nitrogens is 2. The lowest BCUT2D eigenvalue weighted by atomic mass is 10.2. The maximum Gasteiger partial charge on any atom is 0.352 e. The highest BCUT2D eigenvalue weighted by Crippen LogP contribution is 2.21. The van der Waals surface area contributed by atoms with Crippen molar-refractivity contribution in [1.29, 1.82) is 0 Å². The molecule has 19 heavy (non-hydrogen) atoms. The second-order valence-corrected chi connectivity index (χ2v) is 4.31. The van der Waals surface area contributed by atoms with Crippen molar-refractivity contribution in [2.75, 3.05) is 0 Å². The molecule has 0 spiro atoms. The molecule has 2 aromatic rings. The summed E-state index contributed by atoms with van der Waals surface area (Å²) in [6, 6.07) is 6.61. The topological polar surface area (TPSA) is 72.2 Å². The number of carbonyl (C=O) groups excluding carboxylic acids is 1. The van der Waals surface area contributed by atoms with Crippen molar-refractivity contribution in [2.24, 2.45) is 0 Å². The SMILES string of the molecule is CC(=O)c1cc(C(=O)O)n(C(C)c2ccccn2)c1. The van der Waals surface area contributed by atoms with E-state index < -0.39 is 5.97 Å². The van der Waals surface area contributed by atoms with Gasteiger partial charge in [0.15, 0.2) is 5.78 Å². The Kier molecular flexibility index (Phi) is 3.46. The first-order valence-electron chi connectivity index (χ1n) is 5.87. The highest BCUT2D eigenvalue weighted by molar-refractivity contribution is 5.97. The molecule has 2 aromatic heterocycles. The molecule has 1 N–H and O–H groups in total. The molecule has 0 bridgehead atoms. The molecule has 0 fully saturated rings. The Hall–Kier alpha value is -2.43. The molecule has 0 saturated carbocycles. The van der Waals surface area contributed by atoms with Gasteiger partial charge in [-0.2, -0.15) is 0 Å². The van der Waals surface area contributed by atoms with Crippen molar-refractivity contribution in [3.8, 4) is 0 Å². The summed E-state index contributed by atoms with van der Waals surface area (Å²) in [6.07, 6.45) is 3.22. The van der Waals surface area contributed by atoms with Gasteiger partial charge in [0.25, 0.3) is 0 Å². The Morgan fingerprint density at radius 1 is 1.37 bits per heavy atom. The molecular formula is C14H14N2O3. The molecule has 2 heterocycles. The summed E-state index contributed by atoms with van der Waals surface area (Å²) < 4.78 is 1.56. The second-order valence-electron chi connectivity index (χ2n) is 4.31. The molecule has 0 radical (unpaired) electrons. The Balaban J connectivity index is 2.49. The Bertz CT molecular complexity index is 617. The standard InChI is InChI=1S/C14H14N2O3/c1-9(12-5-3-4-6-15-12)16-8-11(10(2)17)7-13(16)14(18)19/h3-9H,1-2H3,(H,18,19). The summed E-state index contributed by atoms with van der Waals surface area (Å²) in [5.74, 6) is -1.22. The van der Waals surface area contributed by atoms with Gasteiger partial charge in [0, 0.05) is 18.0 Å². The molecule has 0 amide bonds. The minimum Gasteiger partial charge on any atom is -0.477 e. The summed E-state index contributed by atoms with van der Waals surface area (Å²) >= 11 is 0. The lowest BCUT2D eigenvalue weighted by Gasteiger charge is -2.15. The number of hydrogen-bond acceptors (Lipinski definition) is 3. The van der Waals surface area contributed by atoms with Crippen LogP contribution in [0.4, 0.5) is 0 Å². The van der Waals surface area contributed by atoms with E-state index in [0.29, 0.717) is 5.56 Å². The smallest absolute Gasteiger partial charge is 0.352 e. The number of nitrogens with zero attached hydrogens (tertiary/aromatic N) is 2. The van der Waals surface area contributed by atoms with E-state index in [4.69, 9.17) is 0 Å². The van der Waals surface area contributed by atoms with E-state index in [-0.39, 0.29) is 17.5 Å². The van der Waals surface area contributed by atoms with Crippen LogP contribution in [-0.4, -0.2) is 26.4 Å². The van der Waals surface area contributed by atoms with E-state index in [9.17, 15) is 14.7 Å². The Morgan fingerprint density at radius 3 is 2.63 bits per heavy atom. The van der Waals surface area contributed by atoms with Crippen molar-refractivity contribution in [2.45, 2.75) is 19.9 Å². The molecule has 0 aliphatic heterocycles. The van der Waals surface area contributed by atoms with Gasteiger partial charge in [-0.15, -0.1) is 0 Å². The molecule has 98 valence electrons. The Morgan fingerprint density at radius 2 is 2.11 bits per heavy atom. The summed E-state index contributed by atoms with van der Waals surface area (Å²) in [4.78, 5) is 26.8. The van der Waals surface area contributed by atoms with Crippen LogP contribution in [0.3, 0.4) is 0 Å². The molecule has 5 heteroatoms. The number of carboxylic acid groups (broad SMARTS) is 1. The number of ketones is 1. The van der Waals surface area contributed by atoms with Gasteiger partial charge in [0.1, 0.15) is 5.69 Å². The third-order valence-corrected chi connectivity index (χ3v) is 3.01. The molecule has 0 saturated heterocycles. The minimum atomic E-state index is -1.06. The molecule has 0 aliphatic rings. The van der Waals surface area contributed by atoms with Crippen molar-refractivity contribution < 1.29 is 14.7 Å². The van der Waals surface area contributed by atoms with Crippen LogP contribution in [0.15, 0.2) is 36.7 Å². The molecule has 2 rings (SSSR count). The van der Waals surface area contributed by atoms with E-state index >= 15 is 0 Å². The highest BCUT2D eigenvalue weighted by atomic mass is 16.4. The van der Waals surface area contributed by atoms with E-state index in [0.717, 1.165) is 5.69 Å². The number of pyridine rings is 1. The van der Waals surface area contributed by atoms with Gasteiger partial charge in [0.05, 0.1) is 11.7 Å². The second kappa shape index (κ2) is 5.06. The zero-order valence-corrected chi connectivity index (χ0v) is 10.7. The fraction of sp³-hybridized carbons (Fsp3) is 0.214. The first-order valence-corrected chi connectivity index (χ1v) is 5.87. The summed E-state index contributed by atoms with van der Waals surface area (Å²) in [5.41, 5.74) is 1.22. The molecule has 1 atom stereocenters.